The van der Waals surface area contributed by atoms with Gasteiger partial charge in [-0.05, 0) is 30.5 Å². The molecule has 1 fully saturated rings. The van der Waals surface area contributed by atoms with Gasteiger partial charge in [-0.25, -0.2) is 4.79 Å². The van der Waals surface area contributed by atoms with E-state index in [2.05, 4.69) is 21.2 Å². The van der Waals surface area contributed by atoms with E-state index in [0.29, 0.717) is 6.54 Å². The quantitative estimate of drug-likeness (QED) is 0.723. The lowest BCUT2D eigenvalue weighted by molar-refractivity contribution is -0.142. The maximum Gasteiger partial charge on any atom is 0.329 e. The molecule has 1 aliphatic carbocycles. The van der Waals surface area contributed by atoms with Gasteiger partial charge in [0.05, 0.1) is 12.0 Å². The smallest absolute Gasteiger partial charge is 0.329 e. The summed E-state index contributed by atoms with van der Waals surface area (Å²) in [6.07, 6.45) is 3.75. The molecule has 0 radical (unpaired) electrons. The van der Waals surface area contributed by atoms with Crippen LogP contribution >= 0.6 is 15.9 Å². The lowest BCUT2D eigenvalue weighted by Crippen LogP contribution is -2.43. The van der Waals surface area contributed by atoms with Gasteiger partial charge in [-0.3, -0.25) is 4.79 Å². The summed E-state index contributed by atoms with van der Waals surface area (Å²) in [6.45, 7) is 0.182. The van der Waals surface area contributed by atoms with Crippen molar-refractivity contribution < 1.29 is 19.4 Å². The molecule has 0 atom stereocenters. The first-order valence-corrected chi connectivity index (χ1v) is 8.18. The number of nitrogens with one attached hydrogen (secondary N) is 1. The van der Waals surface area contributed by atoms with Gasteiger partial charge in [-0.1, -0.05) is 40.9 Å². The molecular weight excluding hydrogens is 350 g/mol. The molecule has 0 heterocycles. The van der Waals surface area contributed by atoms with Crippen molar-refractivity contribution in [1.82, 2.24) is 5.32 Å². The third-order valence-corrected chi connectivity index (χ3v) is 4.52. The van der Waals surface area contributed by atoms with Crippen molar-refractivity contribution in [1.29, 1.82) is 0 Å². The molecule has 1 aromatic carbocycles. The highest BCUT2D eigenvalue weighted by molar-refractivity contribution is 9.10. The molecule has 22 heavy (non-hydrogen) atoms. The van der Waals surface area contributed by atoms with Gasteiger partial charge < -0.3 is 15.2 Å². The van der Waals surface area contributed by atoms with E-state index >= 15 is 0 Å². The summed E-state index contributed by atoms with van der Waals surface area (Å²) in [5.41, 5.74) is 0.555. The molecule has 1 aliphatic rings. The van der Waals surface area contributed by atoms with Crippen LogP contribution in [0.5, 0.6) is 0 Å². The molecule has 0 saturated heterocycles. The van der Waals surface area contributed by atoms with Crippen LogP contribution in [0.15, 0.2) is 28.7 Å². The monoisotopic (exact) mass is 369 g/mol. The fourth-order valence-electron chi connectivity index (χ4n) is 2.98. The number of hydrogen-bond acceptors (Lipinski definition) is 3. The van der Waals surface area contributed by atoms with Gasteiger partial charge in [-0.2, -0.15) is 0 Å². The van der Waals surface area contributed by atoms with Crippen molar-refractivity contribution in [3.8, 4) is 0 Å². The van der Waals surface area contributed by atoms with E-state index in [1.54, 1.807) is 0 Å². The SMILES string of the molecule is O=C(O)COCCNC(=O)C1(c2cccc(Br)c2)CCCC1. The lowest BCUT2D eigenvalue weighted by Gasteiger charge is -2.28. The Morgan fingerprint density at radius 3 is 2.68 bits per heavy atom. The number of carboxylic acids is 1. The Balaban J connectivity index is 1.98. The third kappa shape index (κ3) is 4.08. The van der Waals surface area contributed by atoms with E-state index in [1.807, 2.05) is 24.3 Å². The number of aliphatic carboxylic acids is 1. The Morgan fingerprint density at radius 1 is 1.32 bits per heavy atom. The minimum absolute atomic E-state index is 0.00188. The first-order chi connectivity index (χ1) is 10.5. The minimum atomic E-state index is -1.01. The zero-order valence-electron chi connectivity index (χ0n) is 12.3. The summed E-state index contributed by atoms with van der Waals surface area (Å²) >= 11 is 3.46. The highest BCUT2D eigenvalue weighted by Crippen LogP contribution is 2.42. The van der Waals surface area contributed by atoms with Crippen LogP contribution in [-0.4, -0.2) is 36.7 Å². The lowest BCUT2D eigenvalue weighted by atomic mass is 9.78. The second-order valence-electron chi connectivity index (χ2n) is 5.50. The minimum Gasteiger partial charge on any atom is -0.480 e. The first-order valence-electron chi connectivity index (χ1n) is 7.38. The fraction of sp³-hybridized carbons (Fsp3) is 0.500. The zero-order valence-corrected chi connectivity index (χ0v) is 13.9. The van der Waals surface area contributed by atoms with Gasteiger partial charge in [0.1, 0.15) is 6.61 Å². The van der Waals surface area contributed by atoms with E-state index in [4.69, 9.17) is 9.84 Å². The average molecular weight is 370 g/mol. The highest BCUT2D eigenvalue weighted by atomic mass is 79.9. The Labute approximate surface area is 138 Å². The normalized spacial score (nSPS) is 16.4. The number of halogens is 1. The van der Waals surface area contributed by atoms with Crippen LogP contribution in [0, 0.1) is 0 Å². The summed E-state index contributed by atoms with van der Waals surface area (Å²) in [6, 6.07) is 7.90. The number of benzene rings is 1. The molecule has 0 aromatic heterocycles. The standard InChI is InChI=1S/C16H20BrNO4/c17-13-5-3-4-12(10-13)16(6-1-2-7-16)15(21)18-8-9-22-11-14(19)20/h3-5,10H,1-2,6-9,11H2,(H,18,21)(H,19,20). The second kappa shape index (κ2) is 7.74. The molecule has 0 unspecified atom stereocenters. The highest BCUT2D eigenvalue weighted by Gasteiger charge is 2.42. The van der Waals surface area contributed by atoms with Crippen molar-refractivity contribution in [2.45, 2.75) is 31.1 Å². The number of amides is 1. The summed E-state index contributed by atoms with van der Waals surface area (Å²) in [5.74, 6) is -1.00. The van der Waals surface area contributed by atoms with Crippen LogP contribution < -0.4 is 5.32 Å². The molecule has 1 amide bonds. The van der Waals surface area contributed by atoms with Gasteiger partial charge in [0, 0.05) is 11.0 Å². The number of hydrogen-bond donors (Lipinski definition) is 2. The van der Waals surface area contributed by atoms with Gasteiger partial charge in [0.2, 0.25) is 5.91 Å². The number of carboxylic acid groups (broad SMARTS) is 1. The Kier molecular flexibility index (Phi) is 5.97. The summed E-state index contributed by atoms with van der Waals surface area (Å²) in [7, 11) is 0. The van der Waals surface area contributed by atoms with Crippen LogP contribution in [0.2, 0.25) is 0 Å². The molecular formula is C16H20BrNO4. The Hall–Kier alpha value is -1.40. The van der Waals surface area contributed by atoms with Gasteiger partial charge >= 0.3 is 5.97 Å². The Morgan fingerprint density at radius 2 is 2.05 bits per heavy atom. The molecule has 1 saturated carbocycles. The molecule has 5 nitrogen and oxygen atoms in total. The van der Waals surface area contributed by atoms with Crippen molar-refractivity contribution in [3.05, 3.63) is 34.3 Å². The van der Waals surface area contributed by atoms with Crippen molar-refractivity contribution in [2.75, 3.05) is 19.8 Å². The molecule has 0 bridgehead atoms. The van der Waals surface area contributed by atoms with Crippen LogP contribution in [0.4, 0.5) is 0 Å². The van der Waals surface area contributed by atoms with Gasteiger partial charge in [0.15, 0.2) is 0 Å². The molecule has 0 aliphatic heterocycles. The van der Waals surface area contributed by atoms with Crippen LogP contribution in [0.3, 0.4) is 0 Å². The molecule has 2 rings (SSSR count). The number of rotatable bonds is 7. The van der Waals surface area contributed by atoms with Crippen LogP contribution in [0.25, 0.3) is 0 Å². The predicted molar refractivity (Wildman–Crippen MR) is 85.8 cm³/mol. The van der Waals surface area contributed by atoms with Crippen LogP contribution in [0.1, 0.15) is 31.2 Å². The second-order valence-corrected chi connectivity index (χ2v) is 6.42. The van der Waals surface area contributed by atoms with E-state index < -0.39 is 11.4 Å². The largest absolute Gasteiger partial charge is 0.480 e. The third-order valence-electron chi connectivity index (χ3n) is 4.03. The van der Waals surface area contributed by atoms with E-state index in [-0.39, 0.29) is 19.1 Å². The summed E-state index contributed by atoms with van der Waals surface area (Å²) in [4.78, 5) is 23.0. The topological polar surface area (TPSA) is 75.6 Å². The van der Waals surface area contributed by atoms with Crippen LogP contribution in [-0.2, 0) is 19.7 Å². The van der Waals surface area contributed by atoms with Crippen molar-refractivity contribution >= 4 is 27.8 Å². The number of ether oxygens (including phenoxy) is 1. The maximum atomic E-state index is 12.7. The van der Waals surface area contributed by atoms with Gasteiger partial charge in [0.25, 0.3) is 0 Å². The maximum absolute atomic E-state index is 12.7. The molecule has 2 N–H and O–H groups in total. The number of carbonyl (C=O) groups is 2. The Bertz CT molecular complexity index is 541. The van der Waals surface area contributed by atoms with Crippen molar-refractivity contribution in [3.63, 3.8) is 0 Å². The average Bonchev–Trinajstić information content (AvgIpc) is 2.97. The molecule has 120 valence electrons. The van der Waals surface area contributed by atoms with Crippen molar-refractivity contribution in [2.24, 2.45) is 0 Å². The summed E-state index contributed by atoms with van der Waals surface area (Å²) < 4.78 is 5.91. The van der Waals surface area contributed by atoms with E-state index in [9.17, 15) is 9.59 Å². The predicted octanol–water partition coefficient (Wildman–Crippen LogP) is 2.48. The fourth-order valence-corrected chi connectivity index (χ4v) is 3.38. The number of carbonyl (C=O) groups excluding carboxylic acids is 1. The first kappa shape index (κ1) is 17.0. The molecule has 0 spiro atoms. The molecule has 1 aromatic rings. The summed E-state index contributed by atoms with van der Waals surface area (Å²) in [5, 5.41) is 11.4. The van der Waals surface area contributed by atoms with E-state index in [1.165, 1.54) is 0 Å². The zero-order chi connectivity index (χ0) is 16.0. The van der Waals surface area contributed by atoms with E-state index in [0.717, 1.165) is 35.7 Å². The van der Waals surface area contributed by atoms with Gasteiger partial charge in [-0.15, -0.1) is 0 Å². The molecule has 6 heteroatoms.